The molecule has 0 bridgehead atoms. The minimum absolute atomic E-state index is 0.0236. The minimum atomic E-state index is 0.0236. The Hall–Kier alpha value is -2.06. The molecule has 21 heavy (non-hydrogen) atoms. The largest absolute Gasteiger partial charge is 0.484 e. The summed E-state index contributed by atoms with van der Waals surface area (Å²) in [6.45, 7) is 5.97. The molecule has 0 aliphatic carbocycles. The first-order chi connectivity index (χ1) is 10.2. The van der Waals surface area contributed by atoms with Gasteiger partial charge < -0.3 is 9.64 Å². The third-order valence-electron chi connectivity index (χ3n) is 3.65. The van der Waals surface area contributed by atoms with Crippen LogP contribution in [-0.4, -0.2) is 55.0 Å². The quantitative estimate of drug-likeness (QED) is 0.822. The number of hydrogen-bond acceptors (Lipinski definition) is 4. The van der Waals surface area contributed by atoms with Gasteiger partial charge in [0, 0.05) is 39.1 Å². The number of amides is 1. The molecule has 5 nitrogen and oxygen atoms in total. The lowest BCUT2D eigenvalue weighted by atomic mass is 10.2. The van der Waals surface area contributed by atoms with Gasteiger partial charge in [0.2, 0.25) is 0 Å². The van der Waals surface area contributed by atoms with Crippen molar-refractivity contribution in [1.29, 1.82) is 5.26 Å². The fourth-order valence-corrected chi connectivity index (χ4v) is 2.30. The first-order valence-corrected chi connectivity index (χ1v) is 7.25. The molecule has 0 spiro atoms. The van der Waals surface area contributed by atoms with E-state index in [2.05, 4.69) is 11.0 Å². The van der Waals surface area contributed by atoms with Gasteiger partial charge in [0.25, 0.3) is 5.91 Å². The predicted molar refractivity (Wildman–Crippen MR) is 79.9 cm³/mol. The van der Waals surface area contributed by atoms with Gasteiger partial charge in [-0.25, -0.2) is 0 Å². The van der Waals surface area contributed by atoms with Crippen molar-refractivity contribution in [2.45, 2.75) is 13.3 Å². The molecule has 0 N–H and O–H groups in total. The van der Waals surface area contributed by atoms with E-state index in [0.717, 1.165) is 25.4 Å². The average Bonchev–Trinajstić information content (AvgIpc) is 2.52. The van der Waals surface area contributed by atoms with Gasteiger partial charge in [0.15, 0.2) is 6.61 Å². The summed E-state index contributed by atoms with van der Waals surface area (Å²) in [4.78, 5) is 16.1. The van der Waals surface area contributed by atoms with Crippen LogP contribution in [0.1, 0.15) is 12.0 Å². The highest BCUT2D eigenvalue weighted by Gasteiger charge is 2.20. The normalized spacial score (nSPS) is 15.5. The molecule has 1 amide bonds. The van der Waals surface area contributed by atoms with Gasteiger partial charge in [-0.3, -0.25) is 9.69 Å². The monoisotopic (exact) mass is 287 g/mol. The average molecular weight is 287 g/mol. The van der Waals surface area contributed by atoms with E-state index in [4.69, 9.17) is 10.00 Å². The number of aryl methyl sites for hydroxylation is 1. The molecular formula is C16H21N3O2. The molecule has 5 heteroatoms. The number of piperazine rings is 1. The molecule has 1 aromatic carbocycles. The van der Waals surface area contributed by atoms with Crippen molar-refractivity contribution in [3.63, 3.8) is 0 Å². The molecular weight excluding hydrogens is 266 g/mol. The van der Waals surface area contributed by atoms with Crippen LogP contribution in [0, 0.1) is 18.3 Å². The first-order valence-electron chi connectivity index (χ1n) is 7.25. The second-order valence-electron chi connectivity index (χ2n) is 5.23. The van der Waals surface area contributed by atoms with Crippen molar-refractivity contribution in [3.05, 3.63) is 29.8 Å². The van der Waals surface area contributed by atoms with E-state index in [9.17, 15) is 4.79 Å². The third-order valence-corrected chi connectivity index (χ3v) is 3.65. The zero-order valence-corrected chi connectivity index (χ0v) is 12.4. The summed E-state index contributed by atoms with van der Waals surface area (Å²) < 4.78 is 5.52. The molecule has 1 heterocycles. The van der Waals surface area contributed by atoms with Crippen LogP contribution in [0.4, 0.5) is 0 Å². The second kappa shape index (κ2) is 7.65. The molecule has 2 rings (SSSR count). The number of ether oxygens (including phenoxy) is 1. The Kier molecular flexibility index (Phi) is 5.59. The highest BCUT2D eigenvalue weighted by Crippen LogP contribution is 2.11. The van der Waals surface area contributed by atoms with Crippen molar-refractivity contribution < 1.29 is 9.53 Å². The van der Waals surface area contributed by atoms with Gasteiger partial charge in [0.1, 0.15) is 5.75 Å². The predicted octanol–water partition coefficient (Wildman–Crippen LogP) is 1.43. The summed E-state index contributed by atoms with van der Waals surface area (Å²) in [6.07, 6.45) is 0.546. The lowest BCUT2D eigenvalue weighted by Crippen LogP contribution is -2.50. The maximum atomic E-state index is 12.1. The van der Waals surface area contributed by atoms with E-state index >= 15 is 0 Å². The van der Waals surface area contributed by atoms with Crippen LogP contribution in [0.25, 0.3) is 0 Å². The number of nitriles is 1. The summed E-state index contributed by atoms with van der Waals surface area (Å²) in [5.41, 5.74) is 1.17. The molecule has 112 valence electrons. The van der Waals surface area contributed by atoms with Crippen LogP contribution in [-0.2, 0) is 4.79 Å². The number of rotatable bonds is 5. The fraction of sp³-hybridized carbons (Fsp3) is 0.500. The molecule has 1 fully saturated rings. The first kappa shape index (κ1) is 15.3. The van der Waals surface area contributed by atoms with Crippen molar-refractivity contribution >= 4 is 5.91 Å². The van der Waals surface area contributed by atoms with Gasteiger partial charge in [-0.05, 0) is 19.1 Å². The lowest BCUT2D eigenvalue weighted by Gasteiger charge is -2.34. The van der Waals surface area contributed by atoms with Crippen molar-refractivity contribution in [2.75, 3.05) is 39.3 Å². The summed E-state index contributed by atoms with van der Waals surface area (Å²) in [7, 11) is 0. The Balaban J connectivity index is 1.72. The summed E-state index contributed by atoms with van der Waals surface area (Å²) in [5.74, 6) is 0.747. The third kappa shape index (κ3) is 4.76. The fourth-order valence-electron chi connectivity index (χ4n) is 2.30. The Morgan fingerprint density at radius 2 is 1.90 bits per heavy atom. The van der Waals surface area contributed by atoms with E-state index in [0.29, 0.717) is 19.5 Å². The summed E-state index contributed by atoms with van der Waals surface area (Å²) in [5, 5.41) is 8.57. The number of benzene rings is 1. The van der Waals surface area contributed by atoms with E-state index in [1.165, 1.54) is 5.56 Å². The molecule has 0 radical (unpaired) electrons. The van der Waals surface area contributed by atoms with Gasteiger partial charge >= 0.3 is 0 Å². The van der Waals surface area contributed by atoms with Crippen molar-refractivity contribution in [1.82, 2.24) is 9.80 Å². The van der Waals surface area contributed by atoms with E-state index in [1.807, 2.05) is 36.1 Å². The molecule has 1 aliphatic rings. The van der Waals surface area contributed by atoms with Crippen molar-refractivity contribution in [2.24, 2.45) is 0 Å². The zero-order chi connectivity index (χ0) is 15.1. The zero-order valence-electron chi connectivity index (χ0n) is 12.4. The Bertz CT molecular complexity index is 499. The van der Waals surface area contributed by atoms with E-state index in [-0.39, 0.29) is 12.5 Å². The maximum Gasteiger partial charge on any atom is 0.260 e. The molecule has 1 saturated heterocycles. The van der Waals surface area contributed by atoms with Gasteiger partial charge in [0.05, 0.1) is 6.07 Å². The van der Waals surface area contributed by atoms with E-state index in [1.54, 1.807) is 0 Å². The molecule has 1 aromatic rings. The van der Waals surface area contributed by atoms with Crippen LogP contribution in [0.5, 0.6) is 5.75 Å². The van der Waals surface area contributed by atoms with Crippen LogP contribution in [0.15, 0.2) is 24.3 Å². The summed E-state index contributed by atoms with van der Waals surface area (Å²) >= 11 is 0. The van der Waals surface area contributed by atoms with Crippen LogP contribution in [0.2, 0.25) is 0 Å². The second-order valence-corrected chi connectivity index (χ2v) is 5.23. The number of nitrogens with zero attached hydrogens (tertiary/aromatic N) is 3. The Morgan fingerprint density at radius 1 is 1.24 bits per heavy atom. The topological polar surface area (TPSA) is 56.6 Å². The van der Waals surface area contributed by atoms with Gasteiger partial charge in [-0.15, -0.1) is 0 Å². The highest BCUT2D eigenvalue weighted by molar-refractivity contribution is 5.77. The molecule has 0 saturated carbocycles. The summed E-state index contributed by atoms with van der Waals surface area (Å²) in [6, 6.07) is 9.84. The van der Waals surface area contributed by atoms with Crippen LogP contribution >= 0.6 is 0 Å². The van der Waals surface area contributed by atoms with Crippen molar-refractivity contribution in [3.8, 4) is 11.8 Å². The maximum absolute atomic E-state index is 12.1. The van der Waals surface area contributed by atoms with Crippen LogP contribution < -0.4 is 4.74 Å². The standard InChI is InChI=1S/C16H21N3O2/c1-14-3-5-15(6-4-14)21-13-16(20)19-11-9-18(10-12-19)8-2-7-17/h3-6H,2,8-13H2,1H3. The Morgan fingerprint density at radius 3 is 2.52 bits per heavy atom. The molecule has 0 unspecified atom stereocenters. The highest BCUT2D eigenvalue weighted by atomic mass is 16.5. The van der Waals surface area contributed by atoms with Gasteiger partial charge in [-0.2, -0.15) is 5.26 Å². The smallest absolute Gasteiger partial charge is 0.260 e. The Labute approximate surface area is 125 Å². The SMILES string of the molecule is Cc1ccc(OCC(=O)N2CCN(CCC#N)CC2)cc1. The molecule has 0 aromatic heterocycles. The number of carbonyl (C=O) groups is 1. The van der Waals surface area contributed by atoms with Gasteiger partial charge in [-0.1, -0.05) is 17.7 Å². The number of hydrogen-bond donors (Lipinski definition) is 0. The molecule has 0 atom stereocenters. The van der Waals surface area contributed by atoms with E-state index < -0.39 is 0 Å². The van der Waals surface area contributed by atoms with Crippen LogP contribution in [0.3, 0.4) is 0 Å². The number of carbonyl (C=O) groups excluding carboxylic acids is 1. The lowest BCUT2D eigenvalue weighted by molar-refractivity contribution is -0.135. The molecule has 1 aliphatic heterocycles. The minimum Gasteiger partial charge on any atom is -0.484 e.